The van der Waals surface area contributed by atoms with Crippen molar-refractivity contribution in [2.24, 2.45) is 0 Å². The molecule has 0 aliphatic carbocycles. The van der Waals surface area contributed by atoms with Crippen molar-refractivity contribution in [3.63, 3.8) is 0 Å². The van der Waals surface area contributed by atoms with Gasteiger partial charge in [0.1, 0.15) is 6.17 Å². The molecule has 4 nitrogen and oxygen atoms in total. The molecule has 2 atom stereocenters. The summed E-state index contributed by atoms with van der Waals surface area (Å²) in [5.74, 6) is 0.175. The molecule has 1 fully saturated rings. The van der Waals surface area contributed by atoms with Crippen molar-refractivity contribution < 1.29 is 9.53 Å². The SMILES string of the molecule is CCC1NC(c2ccc(C)cc2C)N(CCOC)C1=O. The van der Waals surface area contributed by atoms with E-state index in [0.717, 1.165) is 6.42 Å². The molecule has 1 saturated heterocycles. The van der Waals surface area contributed by atoms with Crippen LogP contribution in [-0.2, 0) is 9.53 Å². The summed E-state index contributed by atoms with van der Waals surface area (Å²) in [5.41, 5.74) is 3.64. The van der Waals surface area contributed by atoms with Gasteiger partial charge in [-0.05, 0) is 31.4 Å². The van der Waals surface area contributed by atoms with Crippen LogP contribution in [0, 0.1) is 13.8 Å². The number of amides is 1. The Hall–Kier alpha value is -1.39. The molecule has 1 amide bonds. The predicted molar refractivity (Wildman–Crippen MR) is 79.5 cm³/mol. The number of aryl methyl sites for hydroxylation is 2. The zero-order chi connectivity index (χ0) is 14.7. The third-order valence-electron chi connectivity index (χ3n) is 3.92. The van der Waals surface area contributed by atoms with Crippen LogP contribution in [0.5, 0.6) is 0 Å². The van der Waals surface area contributed by atoms with Gasteiger partial charge in [-0.15, -0.1) is 0 Å². The number of methoxy groups -OCH3 is 1. The molecule has 1 aliphatic rings. The average molecular weight is 276 g/mol. The number of rotatable bonds is 5. The lowest BCUT2D eigenvalue weighted by molar-refractivity contribution is -0.130. The molecule has 1 N–H and O–H groups in total. The first-order valence-electron chi connectivity index (χ1n) is 7.21. The molecule has 0 bridgehead atoms. The van der Waals surface area contributed by atoms with Crippen molar-refractivity contribution in [3.8, 4) is 0 Å². The lowest BCUT2D eigenvalue weighted by Gasteiger charge is -2.25. The summed E-state index contributed by atoms with van der Waals surface area (Å²) in [4.78, 5) is 14.3. The van der Waals surface area contributed by atoms with Crippen molar-refractivity contribution in [3.05, 3.63) is 34.9 Å². The van der Waals surface area contributed by atoms with E-state index >= 15 is 0 Å². The normalized spacial score (nSPS) is 22.6. The quantitative estimate of drug-likeness (QED) is 0.896. The van der Waals surface area contributed by atoms with Gasteiger partial charge in [0.15, 0.2) is 0 Å². The Kier molecular flexibility index (Phi) is 4.78. The van der Waals surface area contributed by atoms with Gasteiger partial charge in [-0.25, -0.2) is 0 Å². The number of nitrogens with zero attached hydrogens (tertiary/aromatic N) is 1. The zero-order valence-corrected chi connectivity index (χ0v) is 12.8. The van der Waals surface area contributed by atoms with Crippen LogP contribution in [0.2, 0.25) is 0 Å². The number of carbonyl (C=O) groups excluding carboxylic acids is 1. The standard InChI is InChI=1S/C16H24N2O2/c1-5-14-16(19)18(8-9-20-4)15(17-14)13-7-6-11(2)10-12(13)3/h6-7,10,14-15,17H,5,8-9H2,1-4H3. The van der Waals surface area contributed by atoms with Crippen LogP contribution >= 0.6 is 0 Å². The molecular weight excluding hydrogens is 252 g/mol. The summed E-state index contributed by atoms with van der Waals surface area (Å²) >= 11 is 0. The van der Waals surface area contributed by atoms with Crippen molar-refractivity contribution in [1.29, 1.82) is 0 Å². The van der Waals surface area contributed by atoms with E-state index in [1.165, 1.54) is 16.7 Å². The summed E-state index contributed by atoms with van der Waals surface area (Å²) in [6.07, 6.45) is 0.771. The first-order chi connectivity index (χ1) is 9.58. The average Bonchev–Trinajstić information content (AvgIpc) is 2.73. The Morgan fingerprint density at radius 2 is 2.10 bits per heavy atom. The van der Waals surface area contributed by atoms with Crippen LogP contribution in [0.1, 0.15) is 36.2 Å². The van der Waals surface area contributed by atoms with Gasteiger partial charge in [0.2, 0.25) is 5.91 Å². The van der Waals surface area contributed by atoms with Crippen LogP contribution < -0.4 is 5.32 Å². The van der Waals surface area contributed by atoms with E-state index in [2.05, 4.69) is 37.4 Å². The maximum absolute atomic E-state index is 12.4. The van der Waals surface area contributed by atoms with E-state index in [0.29, 0.717) is 13.2 Å². The van der Waals surface area contributed by atoms with Crippen LogP contribution in [-0.4, -0.2) is 37.1 Å². The van der Waals surface area contributed by atoms with E-state index in [1.54, 1.807) is 7.11 Å². The minimum atomic E-state index is -0.0856. The number of hydrogen-bond acceptors (Lipinski definition) is 3. The predicted octanol–water partition coefficient (Wildman–Crippen LogP) is 2.16. The largest absolute Gasteiger partial charge is 0.383 e. The summed E-state index contributed by atoms with van der Waals surface area (Å²) < 4.78 is 5.13. The summed E-state index contributed by atoms with van der Waals surface area (Å²) in [6.45, 7) is 7.40. The Bertz CT molecular complexity index is 487. The highest BCUT2D eigenvalue weighted by Gasteiger charge is 2.38. The summed E-state index contributed by atoms with van der Waals surface area (Å²) in [5, 5.41) is 3.45. The van der Waals surface area contributed by atoms with E-state index in [9.17, 15) is 4.79 Å². The van der Waals surface area contributed by atoms with Gasteiger partial charge >= 0.3 is 0 Å². The smallest absolute Gasteiger partial charge is 0.241 e. The highest BCUT2D eigenvalue weighted by atomic mass is 16.5. The van der Waals surface area contributed by atoms with Crippen LogP contribution in [0.3, 0.4) is 0 Å². The fraction of sp³-hybridized carbons (Fsp3) is 0.562. The third-order valence-corrected chi connectivity index (χ3v) is 3.92. The maximum atomic E-state index is 12.4. The molecule has 110 valence electrons. The molecule has 20 heavy (non-hydrogen) atoms. The molecule has 1 aromatic rings. The molecule has 0 saturated carbocycles. The highest BCUT2D eigenvalue weighted by molar-refractivity contribution is 5.84. The molecule has 1 aliphatic heterocycles. The lowest BCUT2D eigenvalue weighted by Crippen LogP contribution is -2.34. The Labute approximate surface area is 121 Å². The van der Waals surface area contributed by atoms with Crippen molar-refractivity contribution in [1.82, 2.24) is 10.2 Å². The molecular formula is C16H24N2O2. The van der Waals surface area contributed by atoms with Crippen molar-refractivity contribution in [2.75, 3.05) is 20.3 Å². The second kappa shape index (κ2) is 6.37. The Morgan fingerprint density at radius 3 is 2.70 bits per heavy atom. The molecule has 2 rings (SSSR count). The van der Waals surface area contributed by atoms with E-state index < -0.39 is 0 Å². The second-order valence-corrected chi connectivity index (χ2v) is 5.41. The number of ether oxygens (including phenoxy) is 1. The Balaban J connectivity index is 2.29. The Morgan fingerprint density at radius 1 is 1.35 bits per heavy atom. The fourth-order valence-electron chi connectivity index (χ4n) is 2.79. The second-order valence-electron chi connectivity index (χ2n) is 5.41. The number of carbonyl (C=O) groups is 1. The van der Waals surface area contributed by atoms with Gasteiger partial charge in [0.05, 0.1) is 12.6 Å². The van der Waals surface area contributed by atoms with Crippen molar-refractivity contribution in [2.45, 2.75) is 39.4 Å². The maximum Gasteiger partial charge on any atom is 0.241 e. The van der Waals surface area contributed by atoms with Crippen LogP contribution in [0.25, 0.3) is 0 Å². The van der Waals surface area contributed by atoms with Gasteiger partial charge in [0, 0.05) is 13.7 Å². The topological polar surface area (TPSA) is 41.6 Å². The van der Waals surface area contributed by atoms with Gasteiger partial charge in [0.25, 0.3) is 0 Å². The first kappa shape index (κ1) is 15.0. The monoisotopic (exact) mass is 276 g/mol. The van der Waals surface area contributed by atoms with Crippen LogP contribution in [0.4, 0.5) is 0 Å². The lowest BCUT2D eigenvalue weighted by atomic mass is 10.0. The molecule has 1 heterocycles. The van der Waals surface area contributed by atoms with E-state index in [1.807, 2.05) is 11.8 Å². The van der Waals surface area contributed by atoms with E-state index in [-0.39, 0.29) is 18.1 Å². The number of nitrogens with one attached hydrogen (secondary N) is 1. The number of benzene rings is 1. The zero-order valence-electron chi connectivity index (χ0n) is 12.8. The van der Waals surface area contributed by atoms with Gasteiger partial charge < -0.3 is 9.64 Å². The van der Waals surface area contributed by atoms with E-state index in [4.69, 9.17) is 4.74 Å². The minimum Gasteiger partial charge on any atom is -0.383 e. The highest BCUT2D eigenvalue weighted by Crippen LogP contribution is 2.28. The molecule has 1 aromatic carbocycles. The number of hydrogen-bond donors (Lipinski definition) is 1. The molecule has 0 radical (unpaired) electrons. The molecule has 0 spiro atoms. The minimum absolute atomic E-state index is 0.0387. The molecule has 4 heteroatoms. The van der Waals surface area contributed by atoms with Gasteiger partial charge in [-0.1, -0.05) is 30.7 Å². The van der Waals surface area contributed by atoms with Crippen LogP contribution in [0.15, 0.2) is 18.2 Å². The first-order valence-corrected chi connectivity index (χ1v) is 7.21. The van der Waals surface area contributed by atoms with Crippen molar-refractivity contribution >= 4 is 5.91 Å². The molecule has 2 unspecified atom stereocenters. The van der Waals surface area contributed by atoms with Gasteiger partial charge in [-0.2, -0.15) is 0 Å². The van der Waals surface area contributed by atoms with Gasteiger partial charge in [-0.3, -0.25) is 10.1 Å². The fourth-order valence-corrected chi connectivity index (χ4v) is 2.79. The third kappa shape index (κ3) is 2.86. The summed E-state index contributed by atoms with van der Waals surface area (Å²) in [6, 6.07) is 6.29. The summed E-state index contributed by atoms with van der Waals surface area (Å²) in [7, 11) is 1.66. The molecule has 0 aromatic heterocycles.